The van der Waals surface area contributed by atoms with Crippen LogP contribution in [-0.4, -0.2) is 53.8 Å². The molecule has 1 atom stereocenters. The summed E-state index contributed by atoms with van der Waals surface area (Å²) in [6.45, 7) is 6.28. The van der Waals surface area contributed by atoms with Crippen LogP contribution in [-0.2, 0) is 11.3 Å². The Hall–Kier alpha value is -1.59. The molecule has 1 unspecified atom stereocenters. The van der Waals surface area contributed by atoms with Gasteiger partial charge < -0.3 is 15.1 Å². The van der Waals surface area contributed by atoms with E-state index in [1.165, 1.54) is 0 Å². The molecule has 2 fully saturated rings. The smallest absolute Gasteiger partial charge is 0.254 e. The lowest BCUT2D eigenvalue weighted by molar-refractivity contribution is -0.128. The predicted molar refractivity (Wildman–Crippen MR) is 101 cm³/mol. The molecule has 0 radical (unpaired) electrons. The maximum Gasteiger partial charge on any atom is 0.254 e. The van der Waals surface area contributed by atoms with Crippen LogP contribution in [0.2, 0.25) is 0 Å². The van der Waals surface area contributed by atoms with Crippen molar-refractivity contribution in [2.45, 2.75) is 45.2 Å². The standard InChI is InChI=1S/C19H27N3O2.ClH/c1-2-11-22(17-9-10-20-13-17)19(24)16-7-5-15(6-8-16)14-21-12-3-4-18(21)23;/h5-8,17,20H,2-4,9-14H2,1H3;1H. The topological polar surface area (TPSA) is 52.7 Å². The fourth-order valence-corrected chi connectivity index (χ4v) is 3.61. The fraction of sp³-hybridized carbons (Fsp3) is 0.579. The zero-order chi connectivity index (χ0) is 16.9. The number of hydrogen-bond acceptors (Lipinski definition) is 3. The highest BCUT2D eigenvalue weighted by Gasteiger charge is 2.26. The molecule has 6 heteroatoms. The molecule has 0 saturated carbocycles. The molecule has 2 aliphatic heterocycles. The molecule has 0 bridgehead atoms. The number of carbonyl (C=O) groups excluding carboxylic acids is 2. The number of halogens is 1. The van der Waals surface area contributed by atoms with Crippen LogP contribution in [0.15, 0.2) is 24.3 Å². The SMILES string of the molecule is CCCN(C(=O)c1ccc(CN2CCCC2=O)cc1)C1CCNC1.Cl. The van der Waals surface area contributed by atoms with Gasteiger partial charge in [-0.1, -0.05) is 19.1 Å². The van der Waals surface area contributed by atoms with E-state index in [-0.39, 0.29) is 24.2 Å². The van der Waals surface area contributed by atoms with E-state index in [1.807, 2.05) is 34.1 Å². The first-order chi connectivity index (χ1) is 11.7. The van der Waals surface area contributed by atoms with E-state index in [2.05, 4.69) is 12.2 Å². The minimum Gasteiger partial charge on any atom is -0.338 e. The summed E-state index contributed by atoms with van der Waals surface area (Å²) in [7, 11) is 0. The van der Waals surface area contributed by atoms with Gasteiger partial charge in [0.2, 0.25) is 5.91 Å². The van der Waals surface area contributed by atoms with E-state index in [0.29, 0.717) is 19.0 Å². The lowest BCUT2D eigenvalue weighted by Crippen LogP contribution is -2.42. The number of hydrogen-bond donors (Lipinski definition) is 1. The second kappa shape index (κ2) is 9.20. The summed E-state index contributed by atoms with van der Waals surface area (Å²) in [6.07, 6.45) is 3.62. The van der Waals surface area contributed by atoms with E-state index in [9.17, 15) is 9.59 Å². The Bertz CT molecular complexity index is 585. The van der Waals surface area contributed by atoms with Gasteiger partial charge in [0.25, 0.3) is 5.91 Å². The highest BCUT2D eigenvalue weighted by atomic mass is 35.5. The molecule has 3 rings (SSSR count). The number of benzene rings is 1. The Kier molecular flexibility index (Phi) is 7.26. The van der Waals surface area contributed by atoms with Gasteiger partial charge in [0.05, 0.1) is 0 Å². The molecule has 1 N–H and O–H groups in total. The maximum absolute atomic E-state index is 12.9. The Labute approximate surface area is 156 Å². The van der Waals surface area contributed by atoms with Crippen LogP contribution in [0.5, 0.6) is 0 Å². The summed E-state index contributed by atoms with van der Waals surface area (Å²) in [5.74, 6) is 0.354. The molecule has 138 valence electrons. The van der Waals surface area contributed by atoms with Gasteiger partial charge in [0.15, 0.2) is 0 Å². The third-order valence-electron chi connectivity index (χ3n) is 4.95. The van der Waals surface area contributed by atoms with Crippen molar-refractivity contribution in [3.05, 3.63) is 35.4 Å². The van der Waals surface area contributed by atoms with Gasteiger partial charge >= 0.3 is 0 Å². The lowest BCUT2D eigenvalue weighted by Gasteiger charge is -2.28. The van der Waals surface area contributed by atoms with E-state index < -0.39 is 0 Å². The third kappa shape index (κ3) is 4.73. The van der Waals surface area contributed by atoms with Crippen LogP contribution in [0.3, 0.4) is 0 Å². The van der Waals surface area contributed by atoms with Gasteiger partial charge in [-0.2, -0.15) is 0 Å². The third-order valence-corrected chi connectivity index (χ3v) is 4.95. The van der Waals surface area contributed by atoms with Crippen molar-refractivity contribution in [1.82, 2.24) is 15.1 Å². The van der Waals surface area contributed by atoms with Crippen LogP contribution in [0.4, 0.5) is 0 Å². The molecule has 2 amide bonds. The van der Waals surface area contributed by atoms with Crippen LogP contribution in [0.1, 0.15) is 48.5 Å². The first-order valence-electron chi connectivity index (χ1n) is 9.07. The molecule has 2 saturated heterocycles. The van der Waals surface area contributed by atoms with Gasteiger partial charge in [0, 0.05) is 44.2 Å². The first kappa shape index (κ1) is 19.7. The van der Waals surface area contributed by atoms with Crippen molar-refractivity contribution in [1.29, 1.82) is 0 Å². The quantitative estimate of drug-likeness (QED) is 0.842. The molecule has 1 aromatic rings. The van der Waals surface area contributed by atoms with Crippen LogP contribution >= 0.6 is 12.4 Å². The van der Waals surface area contributed by atoms with Gasteiger partial charge in [-0.3, -0.25) is 9.59 Å². The van der Waals surface area contributed by atoms with E-state index >= 15 is 0 Å². The average molecular weight is 366 g/mol. The highest BCUT2D eigenvalue weighted by Crippen LogP contribution is 2.17. The largest absolute Gasteiger partial charge is 0.338 e. The normalized spacial score (nSPS) is 19.8. The van der Waals surface area contributed by atoms with Crippen molar-refractivity contribution in [2.24, 2.45) is 0 Å². The molecule has 2 aliphatic rings. The van der Waals surface area contributed by atoms with Gasteiger partial charge in [-0.15, -0.1) is 12.4 Å². The summed E-state index contributed by atoms with van der Waals surface area (Å²) in [6, 6.07) is 8.08. The summed E-state index contributed by atoms with van der Waals surface area (Å²) in [4.78, 5) is 28.5. The summed E-state index contributed by atoms with van der Waals surface area (Å²) >= 11 is 0. The zero-order valence-corrected chi connectivity index (χ0v) is 15.7. The maximum atomic E-state index is 12.9. The second-order valence-electron chi connectivity index (χ2n) is 6.76. The van der Waals surface area contributed by atoms with Gasteiger partial charge in [0.1, 0.15) is 0 Å². The van der Waals surface area contributed by atoms with E-state index in [0.717, 1.165) is 56.6 Å². The molecular formula is C19H28ClN3O2. The summed E-state index contributed by atoms with van der Waals surface area (Å²) in [5, 5.41) is 3.34. The predicted octanol–water partition coefficient (Wildman–Crippen LogP) is 2.44. The molecular weight excluding hydrogens is 338 g/mol. The number of carbonyl (C=O) groups is 2. The number of nitrogens with one attached hydrogen (secondary N) is 1. The Morgan fingerprint density at radius 3 is 2.64 bits per heavy atom. The number of amides is 2. The molecule has 2 heterocycles. The van der Waals surface area contributed by atoms with E-state index in [1.54, 1.807) is 0 Å². The molecule has 5 nitrogen and oxygen atoms in total. The Balaban J connectivity index is 0.00000225. The Morgan fingerprint density at radius 1 is 1.32 bits per heavy atom. The summed E-state index contributed by atoms with van der Waals surface area (Å²) < 4.78 is 0. The van der Waals surface area contributed by atoms with Crippen molar-refractivity contribution in [3.63, 3.8) is 0 Å². The van der Waals surface area contributed by atoms with Crippen LogP contribution in [0, 0.1) is 0 Å². The molecule has 0 spiro atoms. The molecule has 1 aromatic carbocycles. The fourth-order valence-electron chi connectivity index (χ4n) is 3.61. The average Bonchev–Trinajstić information content (AvgIpc) is 3.25. The molecule has 0 aliphatic carbocycles. The van der Waals surface area contributed by atoms with Crippen molar-refractivity contribution in [2.75, 3.05) is 26.2 Å². The second-order valence-corrected chi connectivity index (χ2v) is 6.76. The van der Waals surface area contributed by atoms with Gasteiger partial charge in [-0.05, 0) is 43.5 Å². The number of nitrogens with zero attached hydrogens (tertiary/aromatic N) is 2. The highest BCUT2D eigenvalue weighted by molar-refractivity contribution is 5.94. The zero-order valence-electron chi connectivity index (χ0n) is 14.9. The van der Waals surface area contributed by atoms with Gasteiger partial charge in [-0.25, -0.2) is 0 Å². The number of rotatable bonds is 6. The molecule has 0 aromatic heterocycles. The minimum atomic E-state index is 0. The first-order valence-corrected chi connectivity index (χ1v) is 9.07. The monoisotopic (exact) mass is 365 g/mol. The summed E-state index contributed by atoms with van der Waals surface area (Å²) in [5.41, 5.74) is 1.83. The van der Waals surface area contributed by atoms with E-state index in [4.69, 9.17) is 0 Å². The minimum absolute atomic E-state index is 0. The number of likely N-dealkylation sites (tertiary alicyclic amines) is 1. The Morgan fingerprint density at radius 2 is 2.08 bits per heavy atom. The van der Waals surface area contributed by atoms with Crippen molar-refractivity contribution >= 4 is 24.2 Å². The van der Waals surface area contributed by atoms with Crippen molar-refractivity contribution in [3.8, 4) is 0 Å². The lowest BCUT2D eigenvalue weighted by atomic mass is 10.1. The van der Waals surface area contributed by atoms with Crippen molar-refractivity contribution < 1.29 is 9.59 Å². The molecule has 25 heavy (non-hydrogen) atoms. The van der Waals surface area contributed by atoms with Crippen LogP contribution in [0.25, 0.3) is 0 Å². The van der Waals surface area contributed by atoms with Crippen LogP contribution < -0.4 is 5.32 Å².